The van der Waals surface area contributed by atoms with E-state index in [2.05, 4.69) is 43.6 Å². The lowest BCUT2D eigenvalue weighted by molar-refractivity contribution is 0.0927. The van der Waals surface area contributed by atoms with E-state index in [1.54, 1.807) is 11.3 Å². The fourth-order valence-corrected chi connectivity index (χ4v) is 3.13. The average molecular weight is 303 g/mol. The Labute approximate surface area is 110 Å². The van der Waals surface area contributed by atoms with Gasteiger partial charge in [-0.25, -0.2) is 0 Å². The van der Waals surface area contributed by atoms with Crippen molar-refractivity contribution in [3.8, 4) is 0 Å². The first-order valence-corrected chi connectivity index (χ1v) is 7.12. The second kappa shape index (κ2) is 5.01. The van der Waals surface area contributed by atoms with Crippen molar-refractivity contribution in [3.05, 3.63) is 20.3 Å². The summed E-state index contributed by atoms with van der Waals surface area (Å²) in [7, 11) is 0. The fourth-order valence-electron chi connectivity index (χ4n) is 1.42. The lowest BCUT2D eigenvalue weighted by atomic mass is 9.78. The lowest BCUT2D eigenvalue weighted by Crippen LogP contribution is -2.20. The van der Waals surface area contributed by atoms with Crippen LogP contribution in [0, 0.1) is 18.3 Å². The molecule has 3 heteroatoms. The Morgan fingerprint density at radius 3 is 2.44 bits per heavy atom. The van der Waals surface area contributed by atoms with Gasteiger partial charge in [-0.3, -0.25) is 4.79 Å². The third-order valence-corrected chi connectivity index (χ3v) is 4.71. The molecule has 1 aromatic rings. The van der Waals surface area contributed by atoms with Crippen molar-refractivity contribution in [3.63, 3.8) is 0 Å². The van der Waals surface area contributed by atoms with E-state index >= 15 is 0 Å². The molecule has 0 bridgehead atoms. The van der Waals surface area contributed by atoms with Gasteiger partial charge in [-0.15, -0.1) is 11.3 Å². The molecule has 0 spiro atoms. The Balaban J connectivity index is 2.77. The molecular weight excluding hydrogens is 284 g/mol. The smallest absolute Gasteiger partial charge is 0.164 e. The topological polar surface area (TPSA) is 17.1 Å². The van der Waals surface area contributed by atoms with Crippen LogP contribution in [0.2, 0.25) is 0 Å². The quantitative estimate of drug-likeness (QED) is 0.712. The zero-order chi connectivity index (χ0) is 12.5. The van der Waals surface area contributed by atoms with Crippen molar-refractivity contribution in [2.75, 3.05) is 0 Å². The minimum Gasteiger partial charge on any atom is -0.294 e. The highest BCUT2D eigenvalue weighted by Gasteiger charge is 2.24. The molecule has 1 atom stereocenters. The number of ketones is 1. The summed E-state index contributed by atoms with van der Waals surface area (Å²) in [6.45, 7) is 10.7. The molecule has 1 heterocycles. The predicted octanol–water partition coefficient (Wildman–Crippen LogP) is 5.07. The third-order valence-electron chi connectivity index (χ3n) is 3.16. The molecule has 0 saturated carbocycles. The number of carbonyl (C=O) groups is 1. The van der Waals surface area contributed by atoms with Crippen molar-refractivity contribution in [2.45, 2.75) is 41.0 Å². The number of rotatable bonds is 3. The SMILES string of the molecule is Cc1sc(Br)cc1C(=O)CC(C)C(C)(C)C. The van der Waals surface area contributed by atoms with Crippen LogP contribution < -0.4 is 0 Å². The minimum absolute atomic E-state index is 0.191. The van der Waals surface area contributed by atoms with Gasteiger partial charge < -0.3 is 0 Å². The zero-order valence-electron chi connectivity index (χ0n) is 10.6. The number of carbonyl (C=O) groups excluding carboxylic acids is 1. The fraction of sp³-hybridized carbons (Fsp3) is 0.615. The molecule has 0 aliphatic heterocycles. The summed E-state index contributed by atoms with van der Waals surface area (Å²) in [4.78, 5) is 13.2. The summed E-state index contributed by atoms with van der Waals surface area (Å²) in [6.07, 6.45) is 0.632. The average Bonchev–Trinajstić information content (AvgIpc) is 2.43. The van der Waals surface area contributed by atoms with E-state index < -0.39 is 0 Å². The van der Waals surface area contributed by atoms with Crippen LogP contribution in [-0.2, 0) is 0 Å². The van der Waals surface area contributed by atoms with Gasteiger partial charge in [-0.05, 0) is 40.3 Å². The van der Waals surface area contributed by atoms with Crippen molar-refractivity contribution >= 4 is 33.0 Å². The molecule has 1 unspecified atom stereocenters. The van der Waals surface area contributed by atoms with Crippen LogP contribution in [0.3, 0.4) is 0 Å². The molecule has 1 rings (SSSR count). The number of aryl methyl sites for hydroxylation is 1. The van der Waals surface area contributed by atoms with E-state index in [0.29, 0.717) is 12.3 Å². The Kier molecular flexibility index (Phi) is 4.35. The number of hydrogen-bond donors (Lipinski definition) is 0. The summed E-state index contributed by atoms with van der Waals surface area (Å²) in [5.41, 5.74) is 1.07. The van der Waals surface area contributed by atoms with Crippen LogP contribution in [0.25, 0.3) is 0 Å². The minimum atomic E-state index is 0.191. The second-order valence-corrected chi connectivity index (χ2v) is 8.05. The highest BCUT2D eigenvalue weighted by Crippen LogP contribution is 2.32. The van der Waals surface area contributed by atoms with Gasteiger partial charge in [0, 0.05) is 16.9 Å². The molecule has 0 saturated heterocycles. The molecule has 0 amide bonds. The highest BCUT2D eigenvalue weighted by atomic mass is 79.9. The molecule has 0 aromatic carbocycles. The van der Waals surface area contributed by atoms with Crippen molar-refractivity contribution < 1.29 is 4.79 Å². The summed E-state index contributed by atoms with van der Waals surface area (Å²) < 4.78 is 1.04. The van der Waals surface area contributed by atoms with Crippen molar-refractivity contribution in [1.29, 1.82) is 0 Å². The van der Waals surface area contributed by atoms with E-state index in [1.165, 1.54) is 0 Å². The molecule has 0 aliphatic carbocycles. The normalized spacial score (nSPS) is 13.9. The molecule has 0 aliphatic rings. The molecule has 1 nitrogen and oxygen atoms in total. The number of thiophene rings is 1. The van der Waals surface area contributed by atoms with Gasteiger partial charge in [0.2, 0.25) is 0 Å². The van der Waals surface area contributed by atoms with Gasteiger partial charge in [-0.1, -0.05) is 27.7 Å². The van der Waals surface area contributed by atoms with E-state index in [4.69, 9.17) is 0 Å². The van der Waals surface area contributed by atoms with Crippen LogP contribution in [0.15, 0.2) is 9.85 Å². The van der Waals surface area contributed by atoms with Crippen LogP contribution in [0.5, 0.6) is 0 Å². The summed E-state index contributed by atoms with van der Waals surface area (Å²) in [5.74, 6) is 0.667. The molecule has 0 fully saturated rings. The van der Waals surface area contributed by atoms with E-state index in [-0.39, 0.29) is 11.2 Å². The Morgan fingerprint density at radius 2 is 2.06 bits per heavy atom. The van der Waals surface area contributed by atoms with E-state index in [1.807, 2.05) is 13.0 Å². The van der Waals surface area contributed by atoms with Crippen LogP contribution in [0.1, 0.15) is 49.4 Å². The highest BCUT2D eigenvalue weighted by molar-refractivity contribution is 9.11. The monoisotopic (exact) mass is 302 g/mol. The summed E-state index contributed by atoms with van der Waals surface area (Å²) in [6, 6.07) is 1.94. The van der Waals surface area contributed by atoms with Gasteiger partial charge >= 0.3 is 0 Å². The Morgan fingerprint density at radius 1 is 1.50 bits per heavy atom. The summed E-state index contributed by atoms with van der Waals surface area (Å²) >= 11 is 5.05. The van der Waals surface area contributed by atoms with Crippen LogP contribution in [0.4, 0.5) is 0 Å². The molecule has 0 N–H and O–H groups in total. The van der Waals surface area contributed by atoms with E-state index in [9.17, 15) is 4.79 Å². The first-order chi connectivity index (χ1) is 7.21. The van der Waals surface area contributed by atoms with Crippen molar-refractivity contribution in [1.82, 2.24) is 0 Å². The number of halogens is 1. The summed E-state index contributed by atoms with van der Waals surface area (Å²) in [5, 5.41) is 0. The van der Waals surface area contributed by atoms with Gasteiger partial charge in [-0.2, -0.15) is 0 Å². The van der Waals surface area contributed by atoms with Gasteiger partial charge in [0.25, 0.3) is 0 Å². The maximum absolute atomic E-state index is 12.1. The third kappa shape index (κ3) is 3.42. The molecule has 16 heavy (non-hydrogen) atoms. The first-order valence-electron chi connectivity index (χ1n) is 5.51. The molecule has 90 valence electrons. The van der Waals surface area contributed by atoms with Crippen LogP contribution in [-0.4, -0.2) is 5.78 Å². The standard InChI is InChI=1S/C13H19BrOS/c1-8(13(3,4)5)6-11(15)10-7-12(14)16-9(10)2/h7-8H,6H2,1-5H3. The second-order valence-electron chi connectivity index (χ2n) is 5.41. The Bertz CT molecular complexity index is 387. The van der Waals surface area contributed by atoms with Gasteiger partial charge in [0.05, 0.1) is 3.79 Å². The number of hydrogen-bond acceptors (Lipinski definition) is 2. The predicted molar refractivity (Wildman–Crippen MR) is 74.3 cm³/mol. The van der Waals surface area contributed by atoms with Crippen LogP contribution >= 0.6 is 27.3 Å². The first kappa shape index (κ1) is 13.9. The number of Topliss-reactive ketones (excluding diaryl/α,β-unsaturated/α-hetero) is 1. The maximum atomic E-state index is 12.1. The molecular formula is C13H19BrOS. The molecule has 0 radical (unpaired) electrons. The maximum Gasteiger partial charge on any atom is 0.164 e. The van der Waals surface area contributed by atoms with E-state index in [0.717, 1.165) is 14.2 Å². The van der Waals surface area contributed by atoms with Gasteiger partial charge in [0.1, 0.15) is 0 Å². The van der Waals surface area contributed by atoms with Crippen molar-refractivity contribution in [2.24, 2.45) is 11.3 Å². The lowest BCUT2D eigenvalue weighted by Gasteiger charge is -2.26. The zero-order valence-corrected chi connectivity index (χ0v) is 13.0. The molecule has 1 aromatic heterocycles. The Hall–Kier alpha value is -0.150. The van der Waals surface area contributed by atoms with Gasteiger partial charge in [0.15, 0.2) is 5.78 Å². The largest absolute Gasteiger partial charge is 0.294 e.